The van der Waals surface area contributed by atoms with Crippen LogP contribution >= 0.6 is 0 Å². The minimum atomic E-state index is -0.418. The van der Waals surface area contributed by atoms with E-state index in [2.05, 4.69) is 12.1 Å². The molecular formula is C25H25N3O2. The van der Waals surface area contributed by atoms with Gasteiger partial charge in [-0.1, -0.05) is 78.9 Å². The Labute approximate surface area is 176 Å². The average Bonchev–Trinajstić information content (AvgIpc) is 2.76. The molecule has 1 aliphatic heterocycles. The summed E-state index contributed by atoms with van der Waals surface area (Å²) in [5.74, 6) is -0.442. The van der Waals surface area contributed by atoms with Gasteiger partial charge in [0.25, 0.3) is 0 Å². The summed E-state index contributed by atoms with van der Waals surface area (Å²) in [5.41, 5.74) is 9.62. The van der Waals surface area contributed by atoms with E-state index in [4.69, 9.17) is 5.73 Å². The van der Waals surface area contributed by atoms with E-state index in [0.29, 0.717) is 6.54 Å². The molecule has 0 aromatic heterocycles. The van der Waals surface area contributed by atoms with Crippen LogP contribution in [0.4, 0.5) is 5.69 Å². The van der Waals surface area contributed by atoms with Crippen LogP contribution in [-0.2, 0) is 16.0 Å². The minimum Gasteiger partial charge on any atom is -0.369 e. The lowest BCUT2D eigenvalue weighted by atomic mass is 9.98. The first-order chi connectivity index (χ1) is 14.6. The predicted molar refractivity (Wildman–Crippen MR) is 119 cm³/mol. The van der Waals surface area contributed by atoms with Crippen LogP contribution in [0.15, 0.2) is 84.9 Å². The molecule has 152 valence electrons. The van der Waals surface area contributed by atoms with Gasteiger partial charge in [0.2, 0.25) is 11.8 Å². The van der Waals surface area contributed by atoms with Crippen LogP contribution in [0.5, 0.6) is 0 Å². The molecule has 0 spiro atoms. The molecule has 2 amide bonds. The number of nitrogens with zero attached hydrogens (tertiary/aromatic N) is 2. The zero-order valence-electron chi connectivity index (χ0n) is 16.8. The number of carbonyl (C=O) groups is 2. The Kier molecular flexibility index (Phi) is 5.91. The van der Waals surface area contributed by atoms with Gasteiger partial charge in [0.05, 0.1) is 18.8 Å². The van der Waals surface area contributed by atoms with Gasteiger partial charge in [-0.15, -0.1) is 0 Å². The summed E-state index contributed by atoms with van der Waals surface area (Å²) in [6, 6.07) is 28.2. The third-order valence-corrected chi connectivity index (χ3v) is 5.50. The van der Waals surface area contributed by atoms with Gasteiger partial charge in [0.1, 0.15) is 0 Å². The maximum absolute atomic E-state index is 13.1. The number of para-hydroxylation sites is 1. The monoisotopic (exact) mass is 399 g/mol. The summed E-state index contributed by atoms with van der Waals surface area (Å²) in [6.07, 6.45) is 0.741. The van der Waals surface area contributed by atoms with Gasteiger partial charge in [0.15, 0.2) is 0 Å². The molecule has 4 rings (SSSR count). The second kappa shape index (κ2) is 8.93. The summed E-state index contributed by atoms with van der Waals surface area (Å²) >= 11 is 0. The number of amides is 2. The third kappa shape index (κ3) is 4.42. The van der Waals surface area contributed by atoms with Crippen molar-refractivity contribution in [2.75, 3.05) is 24.5 Å². The molecule has 5 heteroatoms. The van der Waals surface area contributed by atoms with E-state index in [1.165, 1.54) is 5.56 Å². The van der Waals surface area contributed by atoms with Crippen molar-refractivity contribution in [1.82, 2.24) is 4.90 Å². The second-order valence-electron chi connectivity index (χ2n) is 7.60. The van der Waals surface area contributed by atoms with E-state index < -0.39 is 5.91 Å². The summed E-state index contributed by atoms with van der Waals surface area (Å²) in [7, 11) is 0. The van der Waals surface area contributed by atoms with Crippen LogP contribution in [-0.4, -0.2) is 42.4 Å². The van der Waals surface area contributed by atoms with Crippen LogP contribution in [0.25, 0.3) is 11.1 Å². The largest absolute Gasteiger partial charge is 0.369 e. The van der Waals surface area contributed by atoms with Gasteiger partial charge in [-0.05, 0) is 23.6 Å². The molecule has 0 saturated carbocycles. The standard InChI is InChI=1S/C25H25N3O2/c26-24(29)17-27-18-25(30)28(16-21(27)15-19-9-3-1-4-10-19)23-14-8-7-13-22(23)20-11-5-2-6-12-20/h1-14,21H,15-18H2,(H2,26,29)/t21-/m0/s1. The van der Waals surface area contributed by atoms with Crippen molar-refractivity contribution in [2.45, 2.75) is 12.5 Å². The Balaban J connectivity index is 1.66. The molecule has 1 fully saturated rings. The predicted octanol–water partition coefficient (Wildman–Crippen LogP) is 3.10. The molecule has 0 radical (unpaired) electrons. The lowest BCUT2D eigenvalue weighted by Gasteiger charge is -2.41. The van der Waals surface area contributed by atoms with Gasteiger partial charge in [-0.25, -0.2) is 0 Å². The number of primary amides is 1. The normalized spacial score (nSPS) is 17.1. The number of benzene rings is 3. The van der Waals surface area contributed by atoms with E-state index in [9.17, 15) is 9.59 Å². The van der Waals surface area contributed by atoms with Crippen molar-refractivity contribution < 1.29 is 9.59 Å². The molecule has 5 nitrogen and oxygen atoms in total. The highest BCUT2D eigenvalue weighted by atomic mass is 16.2. The van der Waals surface area contributed by atoms with Crippen molar-refractivity contribution in [3.8, 4) is 11.1 Å². The van der Waals surface area contributed by atoms with Crippen molar-refractivity contribution in [2.24, 2.45) is 5.73 Å². The van der Waals surface area contributed by atoms with E-state index >= 15 is 0 Å². The van der Waals surface area contributed by atoms with Crippen LogP contribution in [0.2, 0.25) is 0 Å². The highest BCUT2D eigenvalue weighted by molar-refractivity contribution is 6.00. The Hall–Kier alpha value is -3.44. The minimum absolute atomic E-state index is 0.00132. The van der Waals surface area contributed by atoms with Crippen LogP contribution < -0.4 is 10.6 Å². The summed E-state index contributed by atoms with van der Waals surface area (Å²) in [6.45, 7) is 0.756. The lowest BCUT2D eigenvalue weighted by Crippen LogP contribution is -2.58. The zero-order chi connectivity index (χ0) is 20.9. The van der Waals surface area contributed by atoms with Gasteiger partial charge in [-0.2, -0.15) is 0 Å². The maximum Gasteiger partial charge on any atom is 0.241 e. The molecular weight excluding hydrogens is 374 g/mol. The first-order valence-electron chi connectivity index (χ1n) is 10.1. The van der Waals surface area contributed by atoms with Gasteiger partial charge in [0, 0.05) is 18.2 Å². The van der Waals surface area contributed by atoms with Crippen molar-refractivity contribution in [3.63, 3.8) is 0 Å². The Morgan fingerprint density at radius 1 is 0.900 bits per heavy atom. The third-order valence-electron chi connectivity index (χ3n) is 5.50. The van der Waals surface area contributed by atoms with Gasteiger partial charge >= 0.3 is 0 Å². The Bertz CT molecular complexity index is 1020. The lowest BCUT2D eigenvalue weighted by molar-refractivity contribution is -0.125. The number of nitrogens with two attached hydrogens (primary N) is 1. The highest BCUT2D eigenvalue weighted by Crippen LogP contribution is 2.32. The van der Waals surface area contributed by atoms with E-state index in [-0.39, 0.29) is 25.0 Å². The molecule has 1 heterocycles. The van der Waals surface area contributed by atoms with Crippen molar-refractivity contribution in [3.05, 3.63) is 90.5 Å². The molecule has 0 bridgehead atoms. The number of anilines is 1. The van der Waals surface area contributed by atoms with Crippen molar-refractivity contribution in [1.29, 1.82) is 0 Å². The summed E-state index contributed by atoms with van der Waals surface area (Å²) in [4.78, 5) is 28.5. The number of hydrogen-bond donors (Lipinski definition) is 1. The molecule has 3 aromatic carbocycles. The van der Waals surface area contributed by atoms with Crippen molar-refractivity contribution >= 4 is 17.5 Å². The molecule has 1 atom stereocenters. The fraction of sp³-hybridized carbons (Fsp3) is 0.200. The molecule has 3 aromatic rings. The maximum atomic E-state index is 13.1. The molecule has 0 unspecified atom stereocenters. The first-order valence-corrected chi connectivity index (χ1v) is 10.1. The molecule has 2 N–H and O–H groups in total. The van der Waals surface area contributed by atoms with Gasteiger partial charge in [-0.3, -0.25) is 14.5 Å². The summed E-state index contributed by atoms with van der Waals surface area (Å²) < 4.78 is 0. The van der Waals surface area contributed by atoms with E-state index in [1.807, 2.05) is 82.6 Å². The Morgan fingerprint density at radius 2 is 1.53 bits per heavy atom. The first kappa shape index (κ1) is 19.9. The van der Waals surface area contributed by atoms with Crippen LogP contribution in [0.3, 0.4) is 0 Å². The van der Waals surface area contributed by atoms with E-state index in [1.54, 1.807) is 0 Å². The SMILES string of the molecule is NC(=O)CN1CC(=O)N(c2ccccc2-c2ccccc2)C[C@@H]1Cc1ccccc1. The van der Waals surface area contributed by atoms with Crippen LogP contribution in [0.1, 0.15) is 5.56 Å². The molecule has 1 aliphatic rings. The van der Waals surface area contributed by atoms with Crippen LogP contribution in [0, 0.1) is 0 Å². The quantitative estimate of drug-likeness (QED) is 0.693. The molecule has 0 aliphatic carbocycles. The highest BCUT2D eigenvalue weighted by Gasteiger charge is 2.34. The number of carbonyl (C=O) groups excluding carboxylic acids is 2. The fourth-order valence-electron chi connectivity index (χ4n) is 4.08. The number of piperazine rings is 1. The second-order valence-corrected chi connectivity index (χ2v) is 7.60. The average molecular weight is 399 g/mol. The number of rotatable bonds is 6. The Morgan fingerprint density at radius 3 is 2.23 bits per heavy atom. The topological polar surface area (TPSA) is 66.6 Å². The summed E-state index contributed by atoms with van der Waals surface area (Å²) in [5, 5.41) is 0. The zero-order valence-corrected chi connectivity index (χ0v) is 16.8. The molecule has 30 heavy (non-hydrogen) atoms. The van der Waals surface area contributed by atoms with Gasteiger partial charge < -0.3 is 10.6 Å². The molecule has 1 saturated heterocycles. The fourth-order valence-corrected chi connectivity index (χ4v) is 4.08. The van der Waals surface area contributed by atoms with E-state index in [0.717, 1.165) is 23.2 Å². The smallest absolute Gasteiger partial charge is 0.241 e. The number of hydrogen-bond acceptors (Lipinski definition) is 3.